The number of aryl methyl sites for hydroxylation is 1. The first kappa shape index (κ1) is 19.4. The zero-order valence-electron chi connectivity index (χ0n) is 15.2. The fraction of sp³-hybridized carbons (Fsp3) is 0.0952. The first-order chi connectivity index (χ1) is 13.3. The highest BCUT2D eigenvalue weighted by Gasteiger charge is 2.15. The lowest BCUT2D eigenvalue weighted by Gasteiger charge is -2.12. The quantitative estimate of drug-likeness (QED) is 0.689. The predicted molar refractivity (Wildman–Crippen MR) is 105 cm³/mol. The van der Waals surface area contributed by atoms with E-state index < -0.39 is 15.8 Å². The molecule has 0 heterocycles. The summed E-state index contributed by atoms with van der Waals surface area (Å²) in [7, 11) is -2.29. The van der Waals surface area contributed by atoms with Gasteiger partial charge in [-0.1, -0.05) is 12.1 Å². The molecule has 0 saturated carbocycles. The van der Waals surface area contributed by atoms with Gasteiger partial charge in [0.25, 0.3) is 10.0 Å². The first-order valence-corrected chi connectivity index (χ1v) is 9.79. The molecule has 142 valence electrons. The number of nitrogens with one attached hydrogen (secondary N) is 1. The summed E-state index contributed by atoms with van der Waals surface area (Å²) in [6.45, 7) is 1.81. The molecule has 1 N–H and O–H groups in total. The van der Waals surface area contributed by atoms with E-state index in [-0.39, 0.29) is 10.5 Å². The van der Waals surface area contributed by atoms with Crippen molar-refractivity contribution >= 4 is 15.7 Å². The molecule has 0 atom stereocenters. The molecule has 0 aliphatic carbocycles. The number of nitrogens with zero attached hydrogens (tertiary/aromatic N) is 1. The maximum Gasteiger partial charge on any atom is 0.261 e. The lowest BCUT2D eigenvalue weighted by molar-refractivity contribution is 0.414. The molecular weight excluding hydrogens is 379 g/mol. The van der Waals surface area contributed by atoms with Gasteiger partial charge in [0.1, 0.15) is 17.6 Å². The number of halogens is 1. The van der Waals surface area contributed by atoms with Crippen LogP contribution in [-0.4, -0.2) is 15.5 Å². The van der Waals surface area contributed by atoms with Gasteiger partial charge in [0.05, 0.1) is 17.6 Å². The Balaban J connectivity index is 1.95. The summed E-state index contributed by atoms with van der Waals surface area (Å²) in [6.07, 6.45) is 0. The Kier molecular flexibility index (Phi) is 5.34. The highest BCUT2D eigenvalue weighted by Crippen LogP contribution is 2.28. The van der Waals surface area contributed by atoms with E-state index in [0.717, 1.165) is 5.56 Å². The van der Waals surface area contributed by atoms with Crippen molar-refractivity contribution in [2.45, 2.75) is 11.8 Å². The zero-order valence-corrected chi connectivity index (χ0v) is 16.0. The summed E-state index contributed by atoms with van der Waals surface area (Å²) in [4.78, 5) is 0.0979. The van der Waals surface area contributed by atoms with Crippen LogP contribution in [0.3, 0.4) is 0 Å². The third kappa shape index (κ3) is 4.13. The van der Waals surface area contributed by atoms with Gasteiger partial charge in [0, 0.05) is 5.69 Å². The molecule has 0 spiro atoms. The van der Waals surface area contributed by atoms with Crippen LogP contribution < -0.4 is 9.46 Å². The minimum atomic E-state index is -3.80. The zero-order chi connectivity index (χ0) is 20.3. The normalized spacial score (nSPS) is 10.9. The fourth-order valence-corrected chi connectivity index (χ4v) is 3.80. The minimum absolute atomic E-state index is 0.0446. The number of benzene rings is 3. The van der Waals surface area contributed by atoms with Crippen molar-refractivity contribution in [2.75, 3.05) is 11.8 Å². The largest absolute Gasteiger partial charge is 0.497 e. The average Bonchev–Trinajstić information content (AvgIpc) is 2.67. The number of hydrogen-bond acceptors (Lipinski definition) is 4. The summed E-state index contributed by atoms with van der Waals surface area (Å²) in [5.41, 5.74) is 2.29. The van der Waals surface area contributed by atoms with Gasteiger partial charge in [-0.2, -0.15) is 5.26 Å². The van der Waals surface area contributed by atoms with E-state index in [1.165, 1.54) is 31.4 Å². The number of anilines is 1. The second-order valence-electron chi connectivity index (χ2n) is 6.18. The van der Waals surface area contributed by atoms with Crippen molar-refractivity contribution in [2.24, 2.45) is 0 Å². The Hall–Kier alpha value is -3.37. The van der Waals surface area contributed by atoms with Crippen LogP contribution in [0.1, 0.15) is 11.1 Å². The maximum atomic E-state index is 13.9. The lowest BCUT2D eigenvalue weighted by atomic mass is 10.0. The number of ether oxygens (including phenoxy) is 1. The monoisotopic (exact) mass is 396 g/mol. The smallest absolute Gasteiger partial charge is 0.261 e. The number of sulfonamides is 1. The minimum Gasteiger partial charge on any atom is -0.497 e. The molecule has 0 amide bonds. The summed E-state index contributed by atoms with van der Waals surface area (Å²) in [5.74, 6) is -0.0681. The van der Waals surface area contributed by atoms with E-state index in [2.05, 4.69) is 4.72 Å². The predicted octanol–water partition coefficient (Wildman–Crippen LogP) is 4.48. The standard InChI is InChI=1S/C21H17FN2O3S/c1-14-9-17(15-3-4-16(13-23)21(22)12-15)11-18(10-14)24-28(25,26)20-7-5-19(27-2)6-8-20/h3-12,24H,1-2H3. The van der Waals surface area contributed by atoms with Crippen molar-refractivity contribution < 1.29 is 17.5 Å². The topological polar surface area (TPSA) is 79.2 Å². The molecule has 5 nitrogen and oxygen atoms in total. The van der Waals surface area contributed by atoms with Crippen molar-refractivity contribution in [3.05, 3.63) is 77.6 Å². The molecule has 28 heavy (non-hydrogen) atoms. The number of rotatable bonds is 5. The molecule has 0 fully saturated rings. The molecule has 0 saturated heterocycles. The Bertz CT molecular complexity index is 1170. The van der Waals surface area contributed by atoms with Gasteiger partial charge >= 0.3 is 0 Å². The van der Waals surface area contributed by atoms with E-state index in [1.807, 2.05) is 13.0 Å². The molecule has 3 aromatic carbocycles. The van der Waals surface area contributed by atoms with Crippen LogP contribution in [0.5, 0.6) is 5.75 Å². The van der Waals surface area contributed by atoms with Crippen molar-refractivity contribution in [3.63, 3.8) is 0 Å². The second-order valence-corrected chi connectivity index (χ2v) is 7.86. The maximum absolute atomic E-state index is 13.9. The van der Waals surface area contributed by atoms with Crippen LogP contribution in [0.4, 0.5) is 10.1 Å². The van der Waals surface area contributed by atoms with Crippen LogP contribution in [-0.2, 0) is 10.0 Å². The van der Waals surface area contributed by atoms with Gasteiger partial charge in [-0.05, 0) is 72.1 Å². The van der Waals surface area contributed by atoms with Gasteiger partial charge in [0.2, 0.25) is 0 Å². The number of nitriles is 1. The van der Waals surface area contributed by atoms with E-state index in [1.54, 1.807) is 36.4 Å². The molecule has 0 aliphatic rings. The SMILES string of the molecule is COc1ccc(S(=O)(=O)Nc2cc(C)cc(-c3ccc(C#N)c(F)c3)c2)cc1. The van der Waals surface area contributed by atoms with E-state index in [0.29, 0.717) is 22.6 Å². The number of methoxy groups -OCH3 is 1. The van der Waals surface area contributed by atoms with Gasteiger partial charge < -0.3 is 4.74 Å². The Morgan fingerprint density at radius 2 is 1.71 bits per heavy atom. The highest BCUT2D eigenvalue weighted by molar-refractivity contribution is 7.92. The Morgan fingerprint density at radius 3 is 2.32 bits per heavy atom. The molecule has 0 bridgehead atoms. The van der Waals surface area contributed by atoms with Crippen LogP contribution in [0, 0.1) is 24.1 Å². The highest BCUT2D eigenvalue weighted by atomic mass is 32.2. The number of hydrogen-bond donors (Lipinski definition) is 1. The summed E-state index contributed by atoms with van der Waals surface area (Å²) in [5, 5.41) is 8.86. The third-order valence-electron chi connectivity index (χ3n) is 4.12. The third-order valence-corrected chi connectivity index (χ3v) is 5.52. The molecule has 0 radical (unpaired) electrons. The van der Waals surface area contributed by atoms with Crippen molar-refractivity contribution in [1.29, 1.82) is 5.26 Å². The molecule has 0 aromatic heterocycles. The van der Waals surface area contributed by atoms with Gasteiger partial charge in [-0.25, -0.2) is 12.8 Å². The molecule has 0 unspecified atom stereocenters. The van der Waals surface area contributed by atoms with Crippen LogP contribution >= 0.6 is 0 Å². The summed E-state index contributed by atoms with van der Waals surface area (Å²) < 4.78 is 46.8. The van der Waals surface area contributed by atoms with E-state index in [4.69, 9.17) is 10.00 Å². The Labute approximate surface area is 163 Å². The fourth-order valence-electron chi connectivity index (χ4n) is 2.76. The van der Waals surface area contributed by atoms with E-state index >= 15 is 0 Å². The second kappa shape index (κ2) is 7.71. The summed E-state index contributed by atoms with van der Waals surface area (Å²) >= 11 is 0. The molecular formula is C21H17FN2O3S. The van der Waals surface area contributed by atoms with Crippen molar-refractivity contribution in [1.82, 2.24) is 0 Å². The van der Waals surface area contributed by atoms with Crippen LogP contribution in [0.25, 0.3) is 11.1 Å². The van der Waals surface area contributed by atoms with Gasteiger partial charge in [0.15, 0.2) is 0 Å². The molecule has 3 aromatic rings. The average molecular weight is 396 g/mol. The van der Waals surface area contributed by atoms with Crippen LogP contribution in [0.15, 0.2) is 65.6 Å². The molecule has 7 heteroatoms. The lowest BCUT2D eigenvalue weighted by Crippen LogP contribution is -2.13. The van der Waals surface area contributed by atoms with E-state index in [9.17, 15) is 12.8 Å². The van der Waals surface area contributed by atoms with Crippen LogP contribution in [0.2, 0.25) is 0 Å². The van der Waals surface area contributed by atoms with Crippen molar-refractivity contribution in [3.8, 4) is 22.9 Å². The first-order valence-electron chi connectivity index (χ1n) is 8.31. The Morgan fingerprint density at radius 1 is 1.00 bits per heavy atom. The van der Waals surface area contributed by atoms with Gasteiger partial charge in [-0.3, -0.25) is 4.72 Å². The molecule has 3 rings (SSSR count). The molecule has 0 aliphatic heterocycles. The van der Waals surface area contributed by atoms with Gasteiger partial charge in [-0.15, -0.1) is 0 Å². The summed E-state index contributed by atoms with van der Waals surface area (Å²) in [6, 6.07) is 17.2.